The lowest BCUT2D eigenvalue weighted by Gasteiger charge is -2.29. The third-order valence-electron chi connectivity index (χ3n) is 4.71. The SMILES string of the molecule is CN(Cc1ccccc1)c1nc(-c2ccccc2)cc(N2CCOCC2)n1. The lowest BCUT2D eigenvalue weighted by Crippen LogP contribution is -2.37. The first-order valence-corrected chi connectivity index (χ1v) is 9.32. The zero-order valence-electron chi connectivity index (χ0n) is 15.6. The molecular weight excluding hydrogens is 336 g/mol. The van der Waals surface area contributed by atoms with Crippen molar-refractivity contribution in [2.75, 3.05) is 43.2 Å². The van der Waals surface area contributed by atoms with Crippen LogP contribution in [0.2, 0.25) is 0 Å². The molecule has 2 aromatic carbocycles. The van der Waals surface area contributed by atoms with Crippen LogP contribution in [-0.4, -0.2) is 43.3 Å². The fourth-order valence-electron chi connectivity index (χ4n) is 3.23. The molecule has 1 aliphatic heterocycles. The number of aromatic nitrogens is 2. The van der Waals surface area contributed by atoms with E-state index in [1.165, 1.54) is 5.56 Å². The molecule has 0 spiro atoms. The average Bonchev–Trinajstić information content (AvgIpc) is 2.75. The van der Waals surface area contributed by atoms with Gasteiger partial charge in [-0.25, -0.2) is 4.98 Å². The van der Waals surface area contributed by atoms with Gasteiger partial charge < -0.3 is 14.5 Å². The Morgan fingerprint density at radius 2 is 1.59 bits per heavy atom. The second kappa shape index (κ2) is 8.18. The van der Waals surface area contributed by atoms with Crippen molar-refractivity contribution in [1.82, 2.24) is 9.97 Å². The van der Waals surface area contributed by atoms with Crippen molar-refractivity contribution in [3.8, 4) is 11.3 Å². The molecule has 2 heterocycles. The lowest BCUT2D eigenvalue weighted by molar-refractivity contribution is 0.122. The van der Waals surface area contributed by atoms with E-state index in [4.69, 9.17) is 14.7 Å². The Bertz CT molecular complexity index is 864. The molecule has 138 valence electrons. The van der Waals surface area contributed by atoms with Crippen LogP contribution in [0, 0.1) is 0 Å². The molecule has 1 aliphatic rings. The predicted octanol–water partition coefficient (Wildman–Crippen LogP) is 3.62. The maximum absolute atomic E-state index is 5.50. The van der Waals surface area contributed by atoms with Crippen LogP contribution in [0.15, 0.2) is 66.7 Å². The highest BCUT2D eigenvalue weighted by molar-refractivity contribution is 5.65. The number of rotatable bonds is 5. The number of benzene rings is 2. The highest BCUT2D eigenvalue weighted by Gasteiger charge is 2.17. The zero-order valence-corrected chi connectivity index (χ0v) is 15.6. The van der Waals surface area contributed by atoms with Crippen molar-refractivity contribution in [2.24, 2.45) is 0 Å². The number of morpholine rings is 1. The number of hydrogen-bond acceptors (Lipinski definition) is 5. The standard InChI is InChI=1S/C22H24N4O/c1-25(17-18-8-4-2-5-9-18)22-23-20(19-10-6-3-7-11-19)16-21(24-22)26-12-14-27-15-13-26/h2-11,16H,12-15,17H2,1H3. The summed E-state index contributed by atoms with van der Waals surface area (Å²) in [5, 5.41) is 0. The topological polar surface area (TPSA) is 41.5 Å². The third-order valence-corrected chi connectivity index (χ3v) is 4.71. The maximum atomic E-state index is 5.50. The van der Waals surface area contributed by atoms with Crippen molar-refractivity contribution in [3.63, 3.8) is 0 Å². The Balaban J connectivity index is 1.68. The highest BCUT2D eigenvalue weighted by atomic mass is 16.5. The molecular formula is C22H24N4O. The van der Waals surface area contributed by atoms with E-state index in [-0.39, 0.29) is 0 Å². The van der Waals surface area contributed by atoms with Crippen molar-refractivity contribution in [2.45, 2.75) is 6.54 Å². The van der Waals surface area contributed by atoms with E-state index in [9.17, 15) is 0 Å². The first-order chi connectivity index (χ1) is 13.3. The van der Waals surface area contributed by atoms with Gasteiger partial charge in [-0.1, -0.05) is 60.7 Å². The molecule has 0 unspecified atom stereocenters. The molecule has 3 aromatic rings. The van der Waals surface area contributed by atoms with Crippen LogP contribution in [0.3, 0.4) is 0 Å². The Kier molecular flexibility index (Phi) is 5.30. The van der Waals surface area contributed by atoms with Gasteiger partial charge in [0.25, 0.3) is 0 Å². The summed E-state index contributed by atoms with van der Waals surface area (Å²) in [6.07, 6.45) is 0. The summed E-state index contributed by atoms with van der Waals surface area (Å²) in [5.74, 6) is 1.70. The van der Waals surface area contributed by atoms with Crippen LogP contribution >= 0.6 is 0 Å². The fraction of sp³-hybridized carbons (Fsp3) is 0.273. The molecule has 0 bridgehead atoms. The van der Waals surface area contributed by atoms with Gasteiger partial charge >= 0.3 is 0 Å². The molecule has 0 atom stereocenters. The molecule has 0 amide bonds. The summed E-state index contributed by atoms with van der Waals surface area (Å²) in [5.41, 5.74) is 3.28. The Morgan fingerprint density at radius 3 is 2.30 bits per heavy atom. The second-order valence-electron chi connectivity index (χ2n) is 6.72. The molecule has 1 fully saturated rings. The normalized spacial score (nSPS) is 14.2. The molecule has 5 heteroatoms. The van der Waals surface area contributed by atoms with Crippen molar-refractivity contribution in [3.05, 3.63) is 72.3 Å². The molecule has 5 nitrogen and oxygen atoms in total. The van der Waals surface area contributed by atoms with Gasteiger partial charge in [0.15, 0.2) is 0 Å². The second-order valence-corrected chi connectivity index (χ2v) is 6.72. The molecule has 0 N–H and O–H groups in total. The minimum absolute atomic E-state index is 0.736. The number of nitrogens with zero attached hydrogens (tertiary/aromatic N) is 4. The Labute approximate surface area is 160 Å². The van der Waals surface area contributed by atoms with Gasteiger partial charge in [0.1, 0.15) is 5.82 Å². The molecule has 27 heavy (non-hydrogen) atoms. The number of ether oxygens (including phenoxy) is 1. The fourth-order valence-corrected chi connectivity index (χ4v) is 3.23. The molecule has 0 aliphatic carbocycles. The van der Waals surface area contributed by atoms with Gasteiger partial charge in [-0.15, -0.1) is 0 Å². The van der Waals surface area contributed by atoms with Crippen molar-refractivity contribution >= 4 is 11.8 Å². The number of hydrogen-bond donors (Lipinski definition) is 0. The quantitative estimate of drug-likeness (QED) is 0.695. The number of anilines is 2. The molecule has 1 aromatic heterocycles. The van der Waals surface area contributed by atoms with Crippen LogP contribution in [0.4, 0.5) is 11.8 Å². The molecule has 1 saturated heterocycles. The van der Waals surface area contributed by atoms with Crippen LogP contribution in [0.5, 0.6) is 0 Å². The summed E-state index contributed by atoms with van der Waals surface area (Å²) in [7, 11) is 2.04. The molecule has 4 rings (SSSR count). The van der Waals surface area contributed by atoms with Gasteiger partial charge in [0.2, 0.25) is 5.95 Å². The van der Waals surface area contributed by atoms with Gasteiger partial charge in [-0.05, 0) is 5.56 Å². The van der Waals surface area contributed by atoms with Crippen LogP contribution in [-0.2, 0) is 11.3 Å². The average molecular weight is 360 g/mol. The van der Waals surface area contributed by atoms with Gasteiger partial charge in [0, 0.05) is 38.3 Å². The van der Waals surface area contributed by atoms with E-state index in [0.717, 1.165) is 55.9 Å². The van der Waals surface area contributed by atoms with Gasteiger partial charge in [0.05, 0.1) is 18.9 Å². The highest BCUT2D eigenvalue weighted by Crippen LogP contribution is 2.25. The smallest absolute Gasteiger partial charge is 0.227 e. The summed E-state index contributed by atoms with van der Waals surface area (Å²) in [6, 6.07) is 22.8. The minimum Gasteiger partial charge on any atom is -0.378 e. The Morgan fingerprint density at radius 1 is 0.926 bits per heavy atom. The minimum atomic E-state index is 0.736. The van der Waals surface area contributed by atoms with Crippen LogP contribution < -0.4 is 9.80 Å². The third kappa shape index (κ3) is 4.26. The van der Waals surface area contributed by atoms with Gasteiger partial charge in [-0.3, -0.25) is 0 Å². The summed E-state index contributed by atoms with van der Waals surface area (Å²) >= 11 is 0. The predicted molar refractivity (Wildman–Crippen MR) is 109 cm³/mol. The van der Waals surface area contributed by atoms with E-state index in [2.05, 4.69) is 52.3 Å². The van der Waals surface area contributed by atoms with Crippen LogP contribution in [0.25, 0.3) is 11.3 Å². The first-order valence-electron chi connectivity index (χ1n) is 9.32. The van der Waals surface area contributed by atoms with Crippen molar-refractivity contribution < 1.29 is 4.74 Å². The van der Waals surface area contributed by atoms with E-state index in [0.29, 0.717) is 0 Å². The first kappa shape index (κ1) is 17.5. The van der Waals surface area contributed by atoms with E-state index < -0.39 is 0 Å². The van der Waals surface area contributed by atoms with Gasteiger partial charge in [-0.2, -0.15) is 4.98 Å². The maximum Gasteiger partial charge on any atom is 0.227 e. The van der Waals surface area contributed by atoms with Crippen molar-refractivity contribution in [1.29, 1.82) is 0 Å². The van der Waals surface area contributed by atoms with E-state index in [1.54, 1.807) is 0 Å². The lowest BCUT2D eigenvalue weighted by atomic mass is 10.1. The monoisotopic (exact) mass is 360 g/mol. The molecule has 0 saturated carbocycles. The summed E-state index contributed by atoms with van der Waals surface area (Å²) in [4.78, 5) is 14.1. The zero-order chi connectivity index (χ0) is 18.5. The Hall–Kier alpha value is -2.92. The summed E-state index contributed by atoms with van der Waals surface area (Å²) < 4.78 is 5.50. The molecule has 0 radical (unpaired) electrons. The summed E-state index contributed by atoms with van der Waals surface area (Å²) in [6.45, 7) is 3.95. The van der Waals surface area contributed by atoms with E-state index in [1.807, 2.05) is 31.3 Å². The van der Waals surface area contributed by atoms with Crippen LogP contribution in [0.1, 0.15) is 5.56 Å². The van der Waals surface area contributed by atoms with E-state index >= 15 is 0 Å². The largest absolute Gasteiger partial charge is 0.378 e.